The van der Waals surface area contributed by atoms with Crippen molar-refractivity contribution >= 4 is 17.5 Å². The summed E-state index contributed by atoms with van der Waals surface area (Å²) < 4.78 is 34.4. The number of benzene rings is 2. The minimum Gasteiger partial charge on any atom is -0.454 e. The van der Waals surface area contributed by atoms with Crippen LogP contribution < -0.4 is 21.3 Å². The standard InChI is InChI=1S/C24H16F2N4O4/c25-15-4-6-16(7-5-15)30-11-1-2-19(24(30)33)29-23(32)14-3-8-21(18(26)12-14)34-17-9-10-28-20(13-17)22(27)31/h1-13H,(H2,27,31)(H,29,32). The first-order valence-electron chi connectivity index (χ1n) is 9.84. The quantitative estimate of drug-likeness (QED) is 0.454. The molecule has 4 rings (SSSR count). The summed E-state index contributed by atoms with van der Waals surface area (Å²) in [5.41, 5.74) is 4.86. The summed E-state index contributed by atoms with van der Waals surface area (Å²) in [4.78, 5) is 40.4. The highest BCUT2D eigenvalue weighted by molar-refractivity contribution is 6.04. The van der Waals surface area contributed by atoms with E-state index < -0.39 is 29.0 Å². The summed E-state index contributed by atoms with van der Waals surface area (Å²) in [5, 5.41) is 2.45. The van der Waals surface area contributed by atoms with Gasteiger partial charge in [0.25, 0.3) is 17.4 Å². The Labute approximate surface area is 191 Å². The van der Waals surface area contributed by atoms with Gasteiger partial charge < -0.3 is 15.8 Å². The third kappa shape index (κ3) is 4.80. The Balaban J connectivity index is 1.53. The van der Waals surface area contributed by atoms with E-state index in [0.717, 1.165) is 6.07 Å². The molecule has 3 N–H and O–H groups in total. The molecule has 0 unspecified atom stereocenters. The lowest BCUT2D eigenvalue weighted by Gasteiger charge is -2.11. The fraction of sp³-hybridized carbons (Fsp3) is 0. The molecule has 0 atom stereocenters. The maximum atomic E-state index is 14.6. The summed E-state index contributed by atoms with van der Waals surface area (Å²) in [6.45, 7) is 0. The summed E-state index contributed by atoms with van der Waals surface area (Å²) in [6, 6.07) is 14.3. The van der Waals surface area contributed by atoms with Gasteiger partial charge in [0.2, 0.25) is 0 Å². The van der Waals surface area contributed by atoms with Crippen molar-refractivity contribution in [3.63, 3.8) is 0 Å². The van der Waals surface area contributed by atoms with Gasteiger partial charge in [0, 0.05) is 29.7 Å². The first kappa shape index (κ1) is 22.3. The van der Waals surface area contributed by atoms with Crippen molar-refractivity contribution in [1.29, 1.82) is 0 Å². The van der Waals surface area contributed by atoms with Crippen molar-refractivity contribution in [2.45, 2.75) is 0 Å². The lowest BCUT2D eigenvalue weighted by Crippen LogP contribution is -2.24. The van der Waals surface area contributed by atoms with E-state index in [4.69, 9.17) is 10.5 Å². The number of pyridine rings is 2. The van der Waals surface area contributed by atoms with Crippen molar-refractivity contribution in [3.05, 3.63) is 112 Å². The number of rotatable bonds is 6. The summed E-state index contributed by atoms with van der Waals surface area (Å²) in [7, 11) is 0. The van der Waals surface area contributed by atoms with E-state index in [1.54, 1.807) is 0 Å². The van der Waals surface area contributed by atoms with Gasteiger partial charge in [-0.2, -0.15) is 0 Å². The third-order valence-electron chi connectivity index (χ3n) is 4.71. The van der Waals surface area contributed by atoms with Gasteiger partial charge in [-0.15, -0.1) is 0 Å². The molecule has 4 aromatic rings. The Bertz CT molecular complexity index is 1450. The maximum absolute atomic E-state index is 14.6. The highest BCUT2D eigenvalue weighted by atomic mass is 19.1. The van der Waals surface area contributed by atoms with Crippen LogP contribution in [0.2, 0.25) is 0 Å². The number of aromatic nitrogens is 2. The number of hydrogen-bond donors (Lipinski definition) is 2. The minimum absolute atomic E-state index is 0.0478. The van der Waals surface area contributed by atoms with Gasteiger partial charge in [-0.25, -0.2) is 8.78 Å². The van der Waals surface area contributed by atoms with E-state index >= 15 is 0 Å². The molecule has 0 bridgehead atoms. The lowest BCUT2D eigenvalue weighted by molar-refractivity contribution is 0.0993. The second kappa shape index (κ2) is 9.33. The fourth-order valence-electron chi connectivity index (χ4n) is 3.05. The van der Waals surface area contributed by atoms with Crippen LogP contribution in [0.3, 0.4) is 0 Å². The molecule has 0 spiro atoms. The van der Waals surface area contributed by atoms with Crippen molar-refractivity contribution < 1.29 is 23.1 Å². The van der Waals surface area contributed by atoms with Crippen molar-refractivity contribution in [3.8, 4) is 17.2 Å². The van der Waals surface area contributed by atoms with Crippen LogP contribution in [0.25, 0.3) is 5.69 Å². The van der Waals surface area contributed by atoms with Crippen LogP contribution in [0.4, 0.5) is 14.5 Å². The van der Waals surface area contributed by atoms with Crippen LogP contribution in [0.5, 0.6) is 11.5 Å². The summed E-state index contributed by atoms with van der Waals surface area (Å²) in [6.07, 6.45) is 2.76. The van der Waals surface area contributed by atoms with Crippen molar-refractivity contribution in [2.75, 3.05) is 5.32 Å². The monoisotopic (exact) mass is 462 g/mol. The van der Waals surface area contributed by atoms with Gasteiger partial charge >= 0.3 is 0 Å². The Morgan fingerprint density at radius 3 is 2.47 bits per heavy atom. The number of anilines is 1. The fourth-order valence-corrected chi connectivity index (χ4v) is 3.05. The molecule has 8 nitrogen and oxygen atoms in total. The molecule has 170 valence electrons. The van der Waals surface area contributed by atoms with E-state index in [1.165, 1.54) is 77.6 Å². The SMILES string of the molecule is NC(=O)c1cc(Oc2ccc(C(=O)Nc3cccn(-c4ccc(F)cc4)c3=O)cc2F)ccn1. The Morgan fingerprint density at radius 2 is 1.76 bits per heavy atom. The maximum Gasteiger partial charge on any atom is 0.278 e. The first-order chi connectivity index (χ1) is 16.3. The van der Waals surface area contributed by atoms with Crippen LogP contribution in [0.1, 0.15) is 20.8 Å². The zero-order chi connectivity index (χ0) is 24.2. The van der Waals surface area contributed by atoms with Gasteiger partial charge in [-0.3, -0.25) is 23.9 Å². The van der Waals surface area contributed by atoms with Crippen LogP contribution >= 0.6 is 0 Å². The number of halogens is 2. The zero-order valence-corrected chi connectivity index (χ0v) is 17.4. The number of nitrogens with zero attached hydrogens (tertiary/aromatic N) is 2. The van der Waals surface area contributed by atoms with E-state index in [2.05, 4.69) is 10.3 Å². The predicted octanol–water partition coefficient (Wildman–Crippen LogP) is 3.65. The molecule has 34 heavy (non-hydrogen) atoms. The minimum atomic E-state index is -0.845. The predicted molar refractivity (Wildman–Crippen MR) is 119 cm³/mol. The molecule has 0 saturated carbocycles. The molecule has 2 aromatic carbocycles. The number of amides is 2. The second-order valence-corrected chi connectivity index (χ2v) is 7.02. The van der Waals surface area contributed by atoms with Crippen LogP contribution in [-0.4, -0.2) is 21.4 Å². The molecule has 2 aromatic heterocycles. The highest BCUT2D eigenvalue weighted by Gasteiger charge is 2.14. The van der Waals surface area contributed by atoms with Gasteiger partial charge in [0.05, 0.1) is 0 Å². The molecule has 0 aliphatic rings. The smallest absolute Gasteiger partial charge is 0.278 e. The second-order valence-electron chi connectivity index (χ2n) is 7.02. The molecule has 10 heteroatoms. The average Bonchev–Trinajstić information content (AvgIpc) is 2.82. The van der Waals surface area contributed by atoms with E-state index in [0.29, 0.717) is 5.69 Å². The molecular weight excluding hydrogens is 446 g/mol. The molecule has 0 radical (unpaired) electrons. The lowest BCUT2D eigenvalue weighted by atomic mass is 10.2. The van der Waals surface area contributed by atoms with Crippen LogP contribution in [0.15, 0.2) is 83.9 Å². The highest BCUT2D eigenvalue weighted by Crippen LogP contribution is 2.25. The van der Waals surface area contributed by atoms with Crippen molar-refractivity contribution in [1.82, 2.24) is 9.55 Å². The normalized spacial score (nSPS) is 10.5. The Hall–Kier alpha value is -4.86. The number of nitrogens with one attached hydrogen (secondary N) is 1. The van der Waals surface area contributed by atoms with Gasteiger partial charge in [-0.1, -0.05) is 0 Å². The molecule has 0 fully saturated rings. The molecular formula is C24H16F2N4O4. The number of hydrogen-bond acceptors (Lipinski definition) is 5. The third-order valence-corrected chi connectivity index (χ3v) is 4.71. The first-order valence-corrected chi connectivity index (χ1v) is 9.84. The Kier molecular flexibility index (Phi) is 6.13. The van der Waals surface area contributed by atoms with E-state index in [1.807, 2.05) is 0 Å². The molecule has 2 amide bonds. The number of carbonyl (C=O) groups is 2. The summed E-state index contributed by atoms with van der Waals surface area (Å²) in [5.74, 6) is -2.85. The van der Waals surface area contributed by atoms with E-state index in [9.17, 15) is 23.2 Å². The number of ether oxygens (including phenoxy) is 1. The molecule has 2 heterocycles. The number of nitrogens with two attached hydrogens (primary N) is 1. The molecule has 0 aliphatic heterocycles. The van der Waals surface area contributed by atoms with E-state index in [-0.39, 0.29) is 28.4 Å². The molecule has 0 saturated heterocycles. The average molecular weight is 462 g/mol. The van der Waals surface area contributed by atoms with Crippen molar-refractivity contribution in [2.24, 2.45) is 5.73 Å². The largest absolute Gasteiger partial charge is 0.454 e. The topological polar surface area (TPSA) is 116 Å². The van der Waals surface area contributed by atoms with Gasteiger partial charge in [0.15, 0.2) is 11.6 Å². The van der Waals surface area contributed by atoms with Crippen LogP contribution in [0, 0.1) is 11.6 Å². The number of carbonyl (C=O) groups excluding carboxylic acids is 2. The van der Waals surface area contributed by atoms with Gasteiger partial charge in [0.1, 0.15) is 22.9 Å². The summed E-state index contributed by atoms with van der Waals surface area (Å²) >= 11 is 0. The Morgan fingerprint density at radius 1 is 1.00 bits per heavy atom. The number of primary amides is 1. The zero-order valence-electron chi connectivity index (χ0n) is 17.4. The van der Waals surface area contributed by atoms with Gasteiger partial charge in [-0.05, 0) is 60.7 Å². The molecule has 0 aliphatic carbocycles. The van der Waals surface area contributed by atoms with Crippen LogP contribution in [-0.2, 0) is 0 Å².